The summed E-state index contributed by atoms with van der Waals surface area (Å²) in [7, 11) is 0. The van der Waals surface area contributed by atoms with Gasteiger partial charge in [-0.25, -0.2) is 0 Å². The minimum absolute atomic E-state index is 0.350. The molecule has 1 saturated carbocycles. The number of nitrogens with two attached hydrogens (primary N) is 1. The highest BCUT2D eigenvalue weighted by Gasteiger charge is 2.27. The summed E-state index contributed by atoms with van der Waals surface area (Å²) in [6.07, 6.45) is 3.54. The molecule has 0 aromatic carbocycles. The predicted octanol–water partition coefficient (Wildman–Crippen LogP) is 1.21. The van der Waals surface area contributed by atoms with E-state index in [0.717, 1.165) is 18.9 Å². The number of aliphatic hydroxyl groups is 1. The molecule has 1 rings (SSSR count). The molecule has 0 aromatic rings. The maximum absolute atomic E-state index is 9.85. The minimum Gasteiger partial charge on any atom is -0.389 e. The monoisotopic (exact) mass is 214 g/mol. The van der Waals surface area contributed by atoms with Gasteiger partial charge in [0.25, 0.3) is 0 Å². The first-order valence-electron chi connectivity index (χ1n) is 6.11. The topological polar surface area (TPSA) is 49.5 Å². The molecule has 1 aliphatic carbocycles. The number of hydrogen-bond acceptors (Lipinski definition) is 3. The van der Waals surface area contributed by atoms with Crippen molar-refractivity contribution in [3.05, 3.63) is 0 Å². The van der Waals surface area contributed by atoms with E-state index < -0.39 is 5.60 Å². The van der Waals surface area contributed by atoms with Crippen LogP contribution in [-0.2, 0) is 0 Å². The van der Waals surface area contributed by atoms with Crippen LogP contribution in [0.5, 0.6) is 0 Å². The number of rotatable bonds is 7. The zero-order valence-electron chi connectivity index (χ0n) is 10.4. The molecule has 0 heterocycles. The van der Waals surface area contributed by atoms with Gasteiger partial charge in [0, 0.05) is 25.7 Å². The van der Waals surface area contributed by atoms with E-state index in [9.17, 15) is 5.11 Å². The molecule has 0 amide bonds. The first kappa shape index (κ1) is 12.9. The summed E-state index contributed by atoms with van der Waals surface area (Å²) in [5.41, 5.74) is 4.82. The minimum atomic E-state index is -0.698. The molecule has 3 heteroatoms. The van der Waals surface area contributed by atoms with Crippen LogP contribution < -0.4 is 5.73 Å². The summed E-state index contributed by atoms with van der Waals surface area (Å²) >= 11 is 0. The maximum atomic E-state index is 9.85. The summed E-state index contributed by atoms with van der Waals surface area (Å²) in [5, 5.41) is 9.85. The molecule has 90 valence electrons. The van der Waals surface area contributed by atoms with Crippen LogP contribution >= 0.6 is 0 Å². The van der Waals surface area contributed by atoms with Gasteiger partial charge in [-0.05, 0) is 46.0 Å². The van der Waals surface area contributed by atoms with Crippen LogP contribution in [0.1, 0.15) is 40.0 Å². The van der Waals surface area contributed by atoms with Crippen LogP contribution in [0.25, 0.3) is 0 Å². The molecule has 1 fully saturated rings. The van der Waals surface area contributed by atoms with Crippen molar-refractivity contribution in [2.45, 2.75) is 51.7 Å². The maximum Gasteiger partial charge on any atom is 0.0753 e. The molecule has 1 atom stereocenters. The molecule has 0 radical (unpaired) electrons. The lowest BCUT2D eigenvalue weighted by Gasteiger charge is -2.30. The summed E-state index contributed by atoms with van der Waals surface area (Å²) in [6.45, 7) is 8.76. The average Bonchev–Trinajstić information content (AvgIpc) is 2.95. The van der Waals surface area contributed by atoms with Crippen molar-refractivity contribution in [2.24, 2.45) is 11.7 Å². The highest BCUT2D eigenvalue weighted by molar-refractivity contribution is 4.81. The van der Waals surface area contributed by atoms with E-state index >= 15 is 0 Å². The standard InChI is InChI=1S/C12H26N2O/c1-10(2)14(8-11-4-5-11)7-6-12(3,15)9-13/h10-11,15H,4-9,13H2,1-3H3. The van der Waals surface area contributed by atoms with Crippen LogP contribution in [0.2, 0.25) is 0 Å². The molecule has 0 aromatic heterocycles. The first-order valence-corrected chi connectivity index (χ1v) is 6.11. The van der Waals surface area contributed by atoms with Gasteiger partial charge in [-0.2, -0.15) is 0 Å². The molecule has 0 aliphatic heterocycles. The third-order valence-corrected chi connectivity index (χ3v) is 3.30. The van der Waals surface area contributed by atoms with E-state index in [-0.39, 0.29) is 0 Å². The second-order valence-electron chi connectivity index (χ2n) is 5.48. The second kappa shape index (κ2) is 5.28. The molecule has 1 aliphatic rings. The quantitative estimate of drug-likeness (QED) is 0.669. The molecule has 0 spiro atoms. The lowest BCUT2D eigenvalue weighted by molar-refractivity contribution is 0.0429. The second-order valence-corrected chi connectivity index (χ2v) is 5.48. The Hall–Kier alpha value is -0.120. The van der Waals surface area contributed by atoms with Crippen molar-refractivity contribution >= 4 is 0 Å². The van der Waals surface area contributed by atoms with Crippen LogP contribution in [0, 0.1) is 5.92 Å². The van der Waals surface area contributed by atoms with Crippen molar-refractivity contribution in [3.8, 4) is 0 Å². The van der Waals surface area contributed by atoms with Gasteiger partial charge in [0.1, 0.15) is 0 Å². The van der Waals surface area contributed by atoms with Gasteiger partial charge in [0.05, 0.1) is 5.60 Å². The normalized spacial score (nSPS) is 21.0. The molecule has 1 unspecified atom stereocenters. The molecular formula is C12H26N2O. The largest absolute Gasteiger partial charge is 0.389 e. The molecule has 3 N–H and O–H groups in total. The first-order chi connectivity index (χ1) is 6.94. The lowest BCUT2D eigenvalue weighted by atomic mass is 10.0. The van der Waals surface area contributed by atoms with Crippen molar-refractivity contribution in [2.75, 3.05) is 19.6 Å². The van der Waals surface area contributed by atoms with Gasteiger partial charge in [-0.3, -0.25) is 0 Å². The van der Waals surface area contributed by atoms with Crippen LogP contribution in [0.15, 0.2) is 0 Å². The van der Waals surface area contributed by atoms with Gasteiger partial charge < -0.3 is 15.7 Å². The van der Waals surface area contributed by atoms with Gasteiger partial charge in [-0.1, -0.05) is 0 Å². The number of hydrogen-bond donors (Lipinski definition) is 2. The summed E-state index contributed by atoms with van der Waals surface area (Å²) < 4.78 is 0. The Morgan fingerprint density at radius 2 is 2.07 bits per heavy atom. The number of nitrogens with zero attached hydrogens (tertiary/aromatic N) is 1. The van der Waals surface area contributed by atoms with Crippen molar-refractivity contribution in [3.63, 3.8) is 0 Å². The van der Waals surface area contributed by atoms with E-state index in [1.807, 2.05) is 6.92 Å². The zero-order chi connectivity index (χ0) is 11.5. The van der Waals surface area contributed by atoms with Gasteiger partial charge >= 0.3 is 0 Å². The van der Waals surface area contributed by atoms with Crippen molar-refractivity contribution in [1.29, 1.82) is 0 Å². The smallest absolute Gasteiger partial charge is 0.0753 e. The van der Waals surface area contributed by atoms with Crippen LogP contribution in [0.4, 0.5) is 0 Å². The fourth-order valence-corrected chi connectivity index (χ4v) is 1.68. The fraction of sp³-hybridized carbons (Fsp3) is 1.00. The molecule has 15 heavy (non-hydrogen) atoms. The van der Waals surface area contributed by atoms with E-state index in [2.05, 4.69) is 18.7 Å². The van der Waals surface area contributed by atoms with Crippen LogP contribution in [-0.4, -0.2) is 41.3 Å². The molecule has 3 nitrogen and oxygen atoms in total. The molecular weight excluding hydrogens is 188 g/mol. The fourth-order valence-electron chi connectivity index (χ4n) is 1.68. The van der Waals surface area contributed by atoms with E-state index in [1.165, 1.54) is 19.4 Å². The van der Waals surface area contributed by atoms with Crippen molar-refractivity contribution in [1.82, 2.24) is 4.90 Å². The predicted molar refractivity (Wildman–Crippen MR) is 63.7 cm³/mol. The highest BCUT2D eigenvalue weighted by atomic mass is 16.3. The van der Waals surface area contributed by atoms with Crippen LogP contribution in [0.3, 0.4) is 0 Å². The molecule has 0 saturated heterocycles. The summed E-state index contributed by atoms with van der Waals surface area (Å²) in [6, 6.07) is 0.569. The highest BCUT2D eigenvalue weighted by Crippen LogP contribution is 2.30. The van der Waals surface area contributed by atoms with Crippen molar-refractivity contribution < 1.29 is 5.11 Å². The van der Waals surface area contributed by atoms with E-state index in [1.54, 1.807) is 0 Å². The Balaban J connectivity index is 2.30. The Bertz CT molecular complexity index is 188. The molecule has 0 bridgehead atoms. The summed E-state index contributed by atoms with van der Waals surface area (Å²) in [5.74, 6) is 0.912. The van der Waals surface area contributed by atoms with E-state index in [4.69, 9.17) is 5.73 Å². The third-order valence-electron chi connectivity index (χ3n) is 3.30. The Morgan fingerprint density at radius 3 is 2.47 bits per heavy atom. The zero-order valence-corrected chi connectivity index (χ0v) is 10.4. The van der Waals surface area contributed by atoms with E-state index in [0.29, 0.717) is 12.6 Å². The SMILES string of the molecule is CC(C)N(CCC(C)(O)CN)CC1CC1. The van der Waals surface area contributed by atoms with Gasteiger partial charge in [0.2, 0.25) is 0 Å². The summed E-state index contributed by atoms with van der Waals surface area (Å²) in [4.78, 5) is 2.46. The Kier molecular flexibility index (Phi) is 4.56. The third kappa shape index (κ3) is 4.96. The van der Waals surface area contributed by atoms with Gasteiger partial charge in [0.15, 0.2) is 0 Å². The average molecular weight is 214 g/mol. The Labute approximate surface area is 93.6 Å². The van der Waals surface area contributed by atoms with Gasteiger partial charge in [-0.15, -0.1) is 0 Å². The lowest BCUT2D eigenvalue weighted by Crippen LogP contribution is -2.41. The Morgan fingerprint density at radius 1 is 1.47 bits per heavy atom.